The molecule has 1 aliphatic rings. The second-order valence-electron chi connectivity index (χ2n) is 7.89. The van der Waals surface area contributed by atoms with Gasteiger partial charge in [0.1, 0.15) is 10.9 Å². The van der Waals surface area contributed by atoms with E-state index in [1.807, 2.05) is 65.6 Å². The molecule has 1 atom stereocenters. The normalized spacial score (nSPS) is 16.3. The zero-order valence-corrected chi connectivity index (χ0v) is 19.7. The van der Waals surface area contributed by atoms with Crippen LogP contribution < -0.4 is 5.32 Å². The van der Waals surface area contributed by atoms with Crippen molar-refractivity contribution >= 4 is 27.5 Å². The van der Waals surface area contributed by atoms with Crippen LogP contribution >= 0.6 is 11.6 Å². The third kappa shape index (κ3) is 5.45. The summed E-state index contributed by atoms with van der Waals surface area (Å²) in [5.74, 6) is -0.104. The lowest BCUT2D eigenvalue weighted by molar-refractivity contribution is -0.127. The van der Waals surface area contributed by atoms with Crippen molar-refractivity contribution in [1.82, 2.24) is 14.5 Å². The standard InChI is InChI=1S/C25H26ClN3O3S/c26-22-13-7-8-14-23(22)33(31,32)29-17-15-28(16-18-29)24(21-11-5-2-6-12-21)25(30)27-19-20-9-3-1-4-10-20/h1-14,24H,15-19H2,(H,27,30). The minimum Gasteiger partial charge on any atom is -0.350 e. The Bertz CT molecular complexity index is 1180. The molecule has 8 heteroatoms. The number of amides is 1. The summed E-state index contributed by atoms with van der Waals surface area (Å²) in [5.41, 5.74) is 1.90. The van der Waals surface area contributed by atoms with Crippen LogP contribution in [0.1, 0.15) is 17.2 Å². The van der Waals surface area contributed by atoms with Gasteiger partial charge in [0, 0.05) is 32.7 Å². The van der Waals surface area contributed by atoms with Crippen LogP contribution in [-0.2, 0) is 21.4 Å². The molecule has 1 amide bonds. The molecule has 0 spiro atoms. The summed E-state index contributed by atoms with van der Waals surface area (Å²) in [4.78, 5) is 15.4. The first kappa shape index (κ1) is 23.4. The molecule has 0 aliphatic carbocycles. The maximum absolute atomic E-state index is 13.3. The molecule has 33 heavy (non-hydrogen) atoms. The van der Waals surface area contributed by atoms with E-state index in [-0.39, 0.29) is 28.9 Å². The summed E-state index contributed by atoms with van der Waals surface area (Å²) >= 11 is 6.14. The zero-order chi connectivity index (χ0) is 23.3. The fraction of sp³-hybridized carbons (Fsp3) is 0.240. The Labute approximate surface area is 199 Å². The molecule has 1 aliphatic heterocycles. The highest BCUT2D eigenvalue weighted by atomic mass is 35.5. The molecule has 4 rings (SSSR count). The molecule has 0 aromatic heterocycles. The fourth-order valence-corrected chi connectivity index (χ4v) is 5.96. The number of nitrogens with one attached hydrogen (secondary N) is 1. The van der Waals surface area contributed by atoms with Gasteiger partial charge in [-0.3, -0.25) is 9.69 Å². The molecule has 3 aromatic carbocycles. The molecule has 3 aromatic rings. The molecule has 0 saturated carbocycles. The maximum atomic E-state index is 13.3. The molecule has 0 bridgehead atoms. The van der Waals surface area contributed by atoms with E-state index in [2.05, 4.69) is 5.32 Å². The van der Waals surface area contributed by atoms with Gasteiger partial charge in [0.2, 0.25) is 15.9 Å². The second-order valence-corrected chi connectivity index (χ2v) is 10.2. The van der Waals surface area contributed by atoms with E-state index in [1.165, 1.54) is 10.4 Å². The minimum atomic E-state index is -3.70. The molecule has 1 N–H and O–H groups in total. The molecule has 1 saturated heterocycles. The summed E-state index contributed by atoms with van der Waals surface area (Å²) in [7, 11) is -3.70. The maximum Gasteiger partial charge on any atom is 0.244 e. The van der Waals surface area contributed by atoms with Crippen LogP contribution in [0.25, 0.3) is 0 Å². The van der Waals surface area contributed by atoms with E-state index >= 15 is 0 Å². The number of benzene rings is 3. The summed E-state index contributed by atoms with van der Waals surface area (Å²) in [6, 6.07) is 25.3. The molecule has 1 unspecified atom stereocenters. The predicted octanol–water partition coefficient (Wildman–Crippen LogP) is 3.70. The second kappa shape index (κ2) is 10.5. The molecule has 172 valence electrons. The lowest BCUT2D eigenvalue weighted by atomic mass is 10.0. The first-order valence-electron chi connectivity index (χ1n) is 10.8. The first-order chi connectivity index (χ1) is 16.0. The summed E-state index contributed by atoms with van der Waals surface area (Å²) in [6.07, 6.45) is 0. The molecule has 1 fully saturated rings. The highest BCUT2D eigenvalue weighted by Gasteiger charge is 2.35. The minimum absolute atomic E-state index is 0.104. The molecule has 1 heterocycles. The van der Waals surface area contributed by atoms with Crippen molar-refractivity contribution < 1.29 is 13.2 Å². The van der Waals surface area contributed by atoms with Crippen molar-refractivity contribution in [2.45, 2.75) is 17.5 Å². The molecular weight excluding hydrogens is 458 g/mol. The van der Waals surface area contributed by atoms with Gasteiger partial charge in [0.25, 0.3) is 0 Å². The number of carbonyl (C=O) groups is 1. The van der Waals surface area contributed by atoms with Crippen LogP contribution in [0.5, 0.6) is 0 Å². The van der Waals surface area contributed by atoms with Crippen LogP contribution in [0.2, 0.25) is 5.02 Å². The highest BCUT2D eigenvalue weighted by Crippen LogP contribution is 2.28. The Morgan fingerprint density at radius 1 is 0.848 bits per heavy atom. The summed E-state index contributed by atoms with van der Waals surface area (Å²) < 4.78 is 27.6. The number of sulfonamides is 1. The first-order valence-corrected chi connectivity index (χ1v) is 12.6. The Morgan fingerprint density at radius 2 is 1.42 bits per heavy atom. The van der Waals surface area contributed by atoms with E-state index in [9.17, 15) is 13.2 Å². The van der Waals surface area contributed by atoms with Gasteiger partial charge in [0.05, 0.1) is 5.02 Å². The van der Waals surface area contributed by atoms with Gasteiger partial charge in [-0.25, -0.2) is 8.42 Å². The van der Waals surface area contributed by atoms with E-state index in [4.69, 9.17) is 11.6 Å². The van der Waals surface area contributed by atoms with Crippen molar-refractivity contribution in [3.63, 3.8) is 0 Å². The highest BCUT2D eigenvalue weighted by molar-refractivity contribution is 7.89. The van der Waals surface area contributed by atoms with Crippen LogP contribution in [0.4, 0.5) is 0 Å². The van der Waals surface area contributed by atoms with Gasteiger partial charge in [-0.05, 0) is 23.3 Å². The smallest absolute Gasteiger partial charge is 0.244 e. The average Bonchev–Trinajstić information content (AvgIpc) is 2.85. The van der Waals surface area contributed by atoms with Crippen LogP contribution in [0.15, 0.2) is 89.8 Å². The van der Waals surface area contributed by atoms with E-state index in [1.54, 1.807) is 18.2 Å². The fourth-order valence-electron chi connectivity index (χ4n) is 4.04. The number of halogens is 1. The Kier molecular flexibility index (Phi) is 7.45. The number of hydrogen-bond acceptors (Lipinski definition) is 4. The van der Waals surface area contributed by atoms with E-state index < -0.39 is 16.1 Å². The van der Waals surface area contributed by atoms with Crippen molar-refractivity contribution in [2.75, 3.05) is 26.2 Å². The zero-order valence-electron chi connectivity index (χ0n) is 18.1. The van der Waals surface area contributed by atoms with Gasteiger partial charge in [-0.1, -0.05) is 84.4 Å². The van der Waals surface area contributed by atoms with E-state index in [0.717, 1.165) is 11.1 Å². The SMILES string of the molecule is O=C(NCc1ccccc1)C(c1ccccc1)N1CCN(S(=O)(=O)c2ccccc2Cl)CC1. The summed E-state index contributed by atoms with van der Waals surface area (Å²) in [5, 5.41) is 3.25. The monoisotopic (exact) mass is 483 g/mol. The predicted molar refractivity (Wildman–Crippen MR) is 129 cm³/mol. The average molecular weight is 484 g/mol. The Hall–Kier alpha value is -2.71. The number of hydrogen-bond donors (Lipinski definition) is 1. The number of nitrogens with zero attached hydrogens (tertiary/aromatic N) is 2. The van der Waals surface area contributed by atoms with Crippen LogP contribution in [0.3, 0.4) is 0 Å². The quantitative estimate of drug-likeness (QED) is 0.556. The largest absolute Gasteiger partial charge is 0.350 e. The topological polar surface area (TPSA) is 69.7 Å². The van der Waals surface area contributed by atoms with Crippen molar-refractivity contribution in [3.8, 4) is 0 Å². The number of piperazine rings is 1. The van der Waals surface area contributed by atoms with Gasteiger partial charge in [-0.15, -0.1) is 0 Å². The lowest BCUT2D eigenvalue weighted by Crippen LogP contribution is -2.52. The van der Waals surface area contributed by atoms with Gasteiger partial charge < -0.3 is 5.32 Å². The Morgan fingerprint density at radius 3 is 2.06 bits per heavy atom. The molecule has 0 radical (unpaired) electrons. The molecule has 6 nitrogen and oxygen atoms in total. The number of carbonyl (C=O) groups excluding carboxylic acids is 1. The van der Waals surface area contributed by atoms with Crippen molar-refractivity contribution in [2.24, 2.45) is 0 Å². The van der Waals surface area contributed by atoms with Crippen molar-refractivity contribution in [3.05, 3.63) is 101 Å². The summed E-state index contributed by atoms with van der Waals surface area (Å²) in [6.45, 7) is 1.86. The number of rotatable bonds is 7. The van der Waals surface area contributed by atoms with E-state index in [0.29, 0.717) is 19.6 Å². The Balaban J connectivity index is 1.49. The van der Waals surface area contributed by atoms with Gasteiger partial charge >= 0.3 is 0 Å². The van der Waals surface area contributed by atoms with Crippen molar-refractivity contribution in [1.29, 1.82) is 0 Å². The van der Waals surface area contributed by atoms with Gasteiger partial charge in [-0.2, -0.15) is 4.31 Å². The lowest BCUT2D eigenvalue weighted by Gasteiger charge is -2.38. The van der Waals surface area contributed by atoms with Gasteiger partial charge in [0.15, 0.2) is 0 Å². The van der Waals surface area contributed by atoms with Crippen LogP contribution in [-0.4, -0.2) is 49.7 Å². The third-order valence-electron chi connectivity index (χ3n) is 5.77. The molecular formula is C25H26ClN3O3S. The third-order valence-corrected chi connectivity index (χ3v) is 8.16. The van der Waals surface area contributed by atoms with Crippen LogP contribution in [0, 0.1) is 0 Å².